The van der Waals surface area contributed by atoms with Crippen LogP contribution in [-0.2, 0) is 6.54 Å². The molecule has 0 saturated heterocycles. The molecule has 9 heteroatoms. The van der Waals surface area contributed by atoms with Crippen molar-refractivity contribution in [2.24, 2.45) is 0 Å². The minimum Gasteiger partial charge on any atom is -0.476 e. The number of aromatic nitrogens is 3. The van der Waals surface area contributed by atoms with Gasteiger partial charge in [-0.15, -0.1) is 16.4 Å². The highest BCUT2D eigenvalue weighted by Gasteiger charge is 2.26. The summed E-state index contributed by atoms with van der Waals surface area (Å²) in [6, 6.07) is 1.75. The second-order valence-corrected chi connectivity index (χ2v) is 5.23. The van der Waals surface area contributed by atoms with Gasteiger partial charge in [0.15, 0.2) is 5.69 Å². The summed E-state index contributed by atoms with van der Waals surface area (Å²) in [7, 11) is 0. The number of nitrogens with zero attached hydrogens (tertiary/aromatic N) is 3. The maximum atomic E-state index is 12.8. The van der Waals surface area contributed by atoms with Crippen LogP contribution in [0.4, 0.5) is 8.78 Å². The highest BCUT2D eigenvalue weighted by atomic mass is 79.9. The Morgan fingerprint density at radius 2 is 2.33 bits per heavy atom. The van der Waals surface area contributed by atoms with Crippen LogP contribution < -0.4 is 0 Å². The molecule has 1 N–H and O–H groups in total. The zero-order valence-corrected chi connectivity index (χ0v) is 11.1. The number of rotatable bonds is 4. The Bertz CT molecular complexity index is 584. The molecule has 0 radical (unpaired) electrons. The van der Waals surface area contributed by atoms with Crippen LogP contribution in [0.15, 0.2) is 15.9 Å². The molecule has 0 amide bonds. The van der Waals surface area contributed by atoms with E-state index in [1.54, 1.807) is 11.4 Å². The number of hydrogen-bond acceptors (Lipinski definition) is 4. The molecule has 96 valence electrons. The van der Waals surface area contributed by atoms with Gasteiger partial charge in [-0.05, 0) is 22.0 Å². The van der Waals surface area contributed by atoms with Gasteiger partial charge in [0.2, 0.25) is 0 Å². The average Bonchev–Trinajstić information content (AvgIpc) is 2.85. The van der Waals surface area contributed by atoms with E-state index in [1.165, 1.54) is 11.3 Å². The summed E-state index contributed by atoms with van der Waals surface area (Å²) in [5, 5.41) is 17.3. The number of carboxylic acids is 1. The molecule has 0 fully saturated rings. The van der Waals surface area contributed by atoms with Crippen LogP contribution in [-0.4, -0.2) is 26.1 Å². The van der Waals surface area contributed by atoms with Crippen molar-refractivity contribution in [3.63, 3.8) is 0 Å². The van der Waals surface area contributed by atoms with Gasteiger partial charge in [0.1, 0.15) is 5.69 Å². The van der Waals surface area contributed by atoms with Crippen molar-refractivity contribution in [2.45, 2.75) is 13.0 Å². The van der Waals surface area contributed by atoms with E-state index in [9.17, 15) is 13.6 Å². The van der Waals surface area contributed by atoms with Crippen LogP contribution in [0.5, 0.6) is 0 Å². The van der Waals surface area contributed by atoms with Crippen molar-refractivity contribution < 1.29 is 18.7 Å². The molecule has 2 rings (SSSR count). The first kappa shape index (κ1) is 13.1. The molecular formula is C9H6BrF2N3O2S. The summed E-state index contributed by atoms with van der Waals surface area (Å²) >= 11 is 4.60. The molecule has 2 aromatic rings. The lowest BCUT2D eigenvalue weighted by atomic mass is 10.3. The predicted molar refractivity (Wildman–Crippen MR) is 63.1 cm³/mol. The Labute approximate surface area is 112 Å². The molecule has 0 bridgehead atoms. The standard InChI is InChI=1S/C9H6BrF2N3O2S/c10-4-1-5(18-3-4)2-15-7(8(11)12)6(9(16)17)13-14-15/h1,3,8H,2H2,(H,16,17). The van der Waals surface area contributed by atoms with Gasteiger partial charge in [-0.25, -0.2) is 18.3 Å². The smallest absolute Gasteiger partial charge is 0.358 e. The van der Waals surface area contributed by atoms with Crippen LogP contribution in [0.2, 0.25) is 0 Å². The van der Waals surface area contributed by atoms with E-state index in [0.717, 1.165) is 14.0 Å². The maximum absolute atomic E-state index is 12.8. The zero-order valence-electron chi connectivity index (χ0n) is 8.68. The van der Waals surface area contributed by atoms with Crippen molar-refractivity contribution in [3.8, 4) is 0 Å². The minimum atomic E-state index is -2.94. The Morgan fingerprint density at radius 1 is 1.61 bits per heavy atom. The van der Waals surface area contributed by atoms with Crippen LogP contribution >= 0.6 is 27.3 Å². The molecule has 0 aliphatic carbocycles. The summed E-state index contributed by atoms with van der Waals surface area (Å²) in [5.74, 6) is -1.51. The van der Waals surface area contributed by atoms with Crippen LogP contribution in [0.3, 0.4) is 0 Å². The lowest BCUT2D eigenvalue weighted by Gasteiger charge is -2.04. The Hall–Kier alpha value is -1.35. The lowest BCUT2D eigenvalue weighted by molar-refractivity contribution is 0.0675. The number of alkyl halides is 2. The normalized spacial score (nSPS) is 11.1. The first-order chi connectivity index (χ1) is 8.49. The molecule has 0 aliphatic heterocycles. The predicted octanol–water partition coefficient (Wildman–Crippen LogP) is 2.79. The Kier molecular flexibility index (Phi) is 3.71. The molecular weight excluding hydrogens is 332 g/mol. The number of aromatic carboxylic acids is 1. The molecule has 0 saturated carbocycles. The SMILES string of the molecule is O=C(O)c1nnn(Cc2cc(Br)cs2)c1C(F)F. The van der Waals surface area contributed by atoms with E-state index in [2.05, 4.69) is 26.2 Å². The highest BCUT2D eigenvalue weighted by Crippen LogP contribution is 2.25. The molecule has 18 heavy (non-hydrogen) atoms. The number of thiophene rings is 1. The minimum absolute atomic E-state index is 0.0657. The van der Waals surface area contributed by atoms with Gasteiger partial charge in [0.05, 0.1) is 6.54 Å². The number of carbonyl (C=O) groups is 1. The second-order valence-electron chi connectivity index (χ2n) is 3.32. The van der Waals surface area contributed by atoms with Gasteiger partial charge in [0, 0.05) is 14.7 Å². The van der Waals surface area contributed by atoms with Gasteiger partial charge < -0.3 is 5.11 Å². The molecule has 0 aromatic carbocycles. The first-order valence-electron chi connectivity index (χ1n) is 4.66. The average molecular weight is 338 g/mol. The van der Waals surface area contributed by atoms with Gasteiger partial charge >= 0.3 is 5.97 Å². The Balaban J connectivity index is 2.36. The van der Waals surface area contributed by atoms with Crippen molar-refractivity contribution in [1.82, 2.24) is 15.0 Å². The third kappa shape index (κ3) is 2.56. The summed E-state index contributed by atoms with van der Waals surface area (Å²) < 4.78 is 27.4. The van der Waals surface area contributed by atoms with E-state index in [4.69, 9.17) is 5.11 Å². The van der Waals surface area contributed by atoms with E-state index < -0.39 is 23.8 Å². The van der Waals surface area contributed by atoms with Crippen molar-refractivity contribution in [3.05, 3.63) is 32.2 Å². The summed E-state index contributed by atoms with van der Waals surface area (Å²) in [5.41, 5.74) is -1.38. The fourth-order valence-corrected chi connectivity index (χ4v) is 2.82. The largest absolute Gasteiger partial charge is 0.476 e. The molecule has 0 aliphatic rings. The maximum Gasteiger partial charge on any atom is 0.358 e. The molecule has 0 spiro atoms. The zero-order chi connectivity index (χ0) is 13.3. The fourth-order valence-electron chi connectivity index (χ4n) is 1.39. The van der Waals surface area contributed by atoms with Gasteiger partial charge in [-0.2, -0.15) is 0 Å². The number of halogens is 3. The van der Waals surface area contributed by atoms with E-state index in [1.807, 2.05) is 0 Å². The fraction of sp³-hybridized carbons (Fsp3) is 0.222. The molecule has 0 atom stereocenters. The van der Waals surface area contributed by atoms with Crippen LogP contribution in [0.25, 0.3) is 0 Å². The monoisotopic (exact) mass is 337 g/mol. The molecule has 5 nitrogen and oxygen atoms in total. The molecule has 0 unspecified atom stereocenters. The van der Waals surface area contributed by atoms with Crippen LogP contribution in [0.1, 0.15) is 27.5 Å². The van der Waals surface area contributed by atoms with Crippen molar-refractivity contribution in [1.29, 1.82) is 0 Å². The molecule has 2 aromatic heterocycles. The third-order valence-electron chi connectivity index (χ3n) is 2.11. The summed E-state index contributed by atoms with van der Waals surface area (Å²) in [6.07, 6.45) is -2.94. The van der Waals surface area contributed by atoms with E-state index in [-0.39, 0.29) is 6.54 Å². The van der Waals surface area contributed by atoms with Crippen LogP contribution in [0, 0.1) is 0 Å². The summed E-state index contributed by atoms with van der Waals surface area (Å²) in [4.78, 5) is 11.5. The van der Waals surface area contributed by atoms with E-state index in [0.29, 0.717) is 0 Å². The summed E-state index contributed by atoms with van der Waals surface area (Å²) in [6.45, 7) is 0.0657. The van der Waals surface area contributed by atoms with Gasteiger partial charge in [0.25, 0.3) is 6.43 Å². The van der Waals surface area contributed by atoms with Crippen molar-refractivity contribution in [2.75, 3.05) is 0 Å². The third-order valence-corrected chi connectivity index (χ3v) is 3.79. The highest BCUT2D eigenvalue weighted by molar-refractivity contribution is 9.10. The Morgan fingerprint density at radius 3 is 2.83 bits per heavy atom. The molecule has 2 heterocycles. The quantitative estimate of drug-likeness (QED) is 0.931. The van der Waals surface area contributed by atoms with Gasteiger partial charge in [-0.1, -0.05) is 5.21 Å². The topological polar surface area (TPSA) is 68.0 Å². The number of carboxylic acid groups (broad SMARTS) is 1. The lowest BCUT2D eigenvalue weighted by Crippen LogP contribution is -2.09. The first-order valence-corrected chi connectivity index (χ1v) is 6.34. The van der Waals surface area contributed by atoms with Gasteiger partial charge in [-0.3, -0.25) is 0 Å². The second kappa shape index (κ2) is 5.11. The van der Waals surface area contributed by atoms with Crippen molar-refractivity contribution >= 4 is 33.2 Å². The number of hydrogen-bond donors (Lipinski definition) is 1. The van der Waals surface area contributed by atoms with E-state index >= 15 is 0 Å².